The van der Waals surface area contributed by atoms with Gasteiger partial charge in [-0.15, -0.1) is 11.3 Å². The summed E-state index contributed by atoms with van der Waals surface area (Å²) < 4.78 is 2.00. The number of rotatable bonds is 3. The van der Waals surface area contributed by atoms with Crippen LogP contribution < -0.4 is 5.32 Å². The normalized spacial score (nSPS) is 21.5. The van der Waals surface area contributed by atoms with Crippen LogP contribution in [-0.2, 0) is 0 Å². The van der Waals surface area contributed by atoms with Crippen molar-refractivity contribution in [3.8, 4) is 11.8 Å². The highest BCUT2D eigenvalue weighted by Gasteiger charge is 2.22. The fourth-order valence-electron chi connectivity index (χ4n) is 2.85. The molecule has 0 amide bonds. The first-order chi connectivity index (χ1) is 11.0. The maximum Gasteiger partial charge on any atom is 0.137 e. The molecule has 0 unspecified atom stereocenters. The third-order valence-corrected chi connectivity index (χ3v) is 4.88. The summed E-state index contributed by atoms with van der Waals surface area (Å²) in [5, 5.41) is 10.1. The Bertz CT molecular complexity index is 677. The lowest BCUT2D eigenvalue weighted by atomic mass is 9.91. The van der Waals surface area contributed by atoms with E-state index in [9.17, 15) is 0 Å². The number of nitrogens with one attached hydrogen (secondary N) is 1. The van der Waals surface area contributed by atoms with Crippen LogP contribution in [0.3, 0.4) is 0 Å². The molecule has 4 nitrogen and oxygen atoms in total. The standard InChI is InChI=1S/C18H24N4S/c1-18(2,3)9-8-17-10-15(11-23-17)21-14-4-6-16(7-5-14)22-13-19-12-20-22/h10-14,16,21H,4-7H2,1-3H3. The highest BCUT2D eigenvalue weighted by Crippen LogP contribution is 2.30. The minimum absolute atomic E-state index is 0.0529. The largest absolute Gasteiger partial charge is 0.382 e. The summed E-state index contributed by atoms with van der Waals surface area (Å²) in [4.78, 5) is 5.18. The van der Waals surface area contributed by atoms with E-state index in [2.05, 4.69) is 59.5 Å². The van der Waals surface area contributed by atoms with Gasteiger partial charge in [0.1, 0.15) is 12.7 Å². The van der Waals surface area contributed by atoms with Crippen LogP contribution in [0, 0.1) is 17.3 Å². The van der Waals surface area contributed by atoms with Crippen molar-refractivity contribution in [1.82, 2.24) is 14.8 Å². The Balaban J connectivity index is 1.53. The van der Waals surface area contributed by atoms with E-state index >= 15 is 0 Å². The Labute approximate surface area is 142 Å². The predicted octanol–water partition coefficient (Wildman–Crippen LogP) is 4.33. The maximum atomic E-state index is 4.26. The van der Waals surface area contributed by atoms with Crippen LogP contribution in [0.4, 0.5) is 5.69 Å². The third-order valence-electron chi connectivity index (χ3n) is 4.04. The molecule has 0 atom stereocenters. The fourth-order valence-corrected chi connectivity index (χ4v) is 3.55. The number of hydrogen-bond acceptors (Lipinski definition) is 4. The van der Waals surface area contributed by atoms with E-state index in [0.29, 0.717) is 12.1 Å². The first-order valence-corrected chi connectivity index (χ1v) is 9.10. The van der Waals surface area contributed by atoms with Gasteiger partial charge in [-0.25, -0.2) is 9.67 Å². The van der Waals surface area contributed by atoms with Gasteiger partial charge in [0.05, 0.1) is 10.9 Å². The van der Waals surface area contributed by atoms with Gasteiger partial charge >= 0.3 is 0 Å². The number of nitrogens with zero attached hydrogens (tertiary/aromatic N) is 3. The summed E-state index contributed by atoms with van der Waals surface area (Å²) in [6.45, 7) is 6.42. The van der Waals surface area contributed by atoms with E-state index in [1.54, 1.807) is 17.7 Å². The molecular formula is C18H24N4S. The average Bonchev–Trinajstić information content (AvgIpc) is 3.17. The van der Waals surface area contributed by atoms with Crippen molar-refractivity contribution in [1.29, 1.82) is 0 Å². The highest BCUT2D eigenvalue weighted by atomic mass is 32.1. The smallest absolute Gasteiger partial charge is 0.137 e. The molecule has 0 bridgehead atoms. The highest BCUT2D eigenvalue weighted by molar-refractivity contribution is 7.11. The quantitative estimate of drug-likeness (QED) is 0.853. The van der Waals surface area contributed by atoms with Crippen LogP contribution in [0.5, 0.6) is 0 Å². The van der Waals surface area contributed by atoms with Crippen LogP contribution in [0.2, 0.25) is 0 Å². The van der Waals surface area contributed by atoms with E-state index in [1.807, 2.05) is 11.0 Å². The van der Waals surface area contributed by atoms with E-state index in [-0.39, 0.29) is 5.41 Å². The molecule has 2 aromatic rings. The van der Waals surface area contributed by atoms with E-state index < -0.39 is 0 Å². The summed E-state index contributed by atoms with van der Waals surface area (Å²) in [5.74, 6) is 6.57. The molecule has 1 fully saturated rings. The van der Waals surface area contributed by atoms with Crippen molar-refractivity contribution in [2.24, 2.45) is 5.41 Å². The van der Waals surface area contributed by atoms with Crippen molar-refractivity contribution in [3.05, 3.63) is 29.0 Å². The van der Waals surface area contributed by atoms with Crippen LogP contribution in [0.1, 0.15) is 57.4 Å². The first kappa shape index (κ1) is 16.1. The molecule has 0 radical (unpaired) electrons. The maximum absolute atomic E-state index is 4.26. The lowest BCUT2D eigenvalue weighted by Crippen LogP contribution is -2.27. The lowest BCUT2D eigenvalue weighted by molar-refractivity contribution is 0.313. The van der Waals surface area contributed by atoms with Gasteiger partial charge in [0, 0.05) is 22.5 Å². The second-order valence-electron chi connectivity index (χ2n) is 7.22. The van der Waals surface area contributed by atoms with Crippen LogP contribution in [0.15, 0.2) is 24.1 Å². The zero-order valence-electron chi connectivity index (χ0n) is 14.0. The minimum atomic E-state index is 0.0529. The number of thiophene rings is 1. The Morgan fingerprint density at radius 1 is 1.26 bits per heavy atom. The lowest BCUT2D eigenvalue weighted by Gasteiger charge is -2.29. The van der Waals surface area contributed by atoms with E-state index in [1.165, 1.54) is 18.5 Å². The van der Waals surface area contributed by atoms with Crippen LogP contribution in [-0.4, -0.2) is 20.8 Å². The van der Waals surface area contributed by atoms with Gasteiger partial charge in [-0.2, -0.15) is 5.10 Å². The second-order valence-corrected chi connectivity index (χ2v) is 8.14. The Morgan fingerprint density at radius 3 is 2.70 bits per heavy atom. The fraction of sp³-hybridized carbons (Fsp3) is 0.556. The monoisotopic (exact) mass is 328 g/mol. The molecule has 2 aromatic heterocycles. The molecule has 1 aliphatic rings. The van der Waals surface area contributed by atoms with Crippen molar-refractivity contribution < 1.29 is 0 Å². The topological polar surface area (TPSA) is 42.7 Å². The van der Waals surface area contributed by atoms with E-state index in [4.69, 9.17) is 0 Å². The van der Waals surface area contributed by atoms with Gasteiger partial charge in [0.25, 0.3) is 0 Å². The summed E-state index contributed by atoms with van der Waals surface area (Å²) in [6, 6.07) is 3.23. The second kappa shape index (κ2) is 6.76. The summed E-state index contributed by atoms with van der Waals surface area (Å²) in [5.41, 5.74) is 1.26. The number of aromatic nitrogens is 3. The first-order valence-electron chi connectivity index (χ1n) is 8.22. The molecule has 3 rings (SSSR count). The molecule has 0 aliphatic heterocycles. The van der Waals surface area contributed by atoms with Crippen LogP contribution in [0.25, 0.3) is 0 Å². The molecule has 23 heavy (non-hydrogen) atoms. The zero-order chi connectivity index (χ0) is 16.3. The van der Waals surface area contributed by atoms with Crippen molar-refractivity contribution in [2.75, 3.05) is 5.32 Å². The number of anilines is 1. The van der Waals surface area contributed by atoms with Gasteiger partial charge in [0.15, 0.2) is 0 Å². The van der Waals surface area contributed by atoms with Gasteiger partial charge in [-0.3, -0.25) is 0 Å². The Kier molecular flexibility index (Phi) is 4.72. The molecule has 1 saturated carbocycles. The summed E-state index contributed by atoms with van der Waals surface area (Å²) in [7, 11) is 0. The van der Waals surface area contributed by atoms with Gasteiger partial charge < -0.3 is 5.32 Å². The molecular weight excluding hydrogens is 304 g/mol. The third kappa shape index (κ3) is 4.59. The van der Waals surface area contributed by atoms with Gasteiger partial charge in [0.2, 0.25) is 0 Å². The number of hydrogen-bond donors (Lipinski definition) is 1. The molecule has 1 aliphatic carbocycles. The van der Waals surface area contributed by atoms with Crippen LogP contribution >= 0.6 is 11.3 Å². The minimum Gasteiger partial charge on any atom is -0.382 e. The summed E-state index contributed by atoms with van der Waals surface area (Å²) >= 11 is 1.72. The molecule has 5 heteroatoms. The average molecular weight is 328 g/mol. The zero-order valence-corrected chi connectivity index (χ0v) is 14.9. The predicted molar refractivity (Wildman–Crippen MR) is 95.6 cm³/mol. The molecule has 122 valence electrons. The van der Waals surface area contributed by atoms with Crippen molar-refractivity contribution in [2.45, 2.75) is 58.5 Å². The summed E-state index contributed by atoms with van der Waals surface area (Å²) in [6.07, 6.45) is 8.10. The molecule has 0 spiro atoms. The Morgan fingerprint density at radius 2 is 2.04 bits per heavy atom. The molecule has 0 aromatic carbocycles. The molecule has 1 N–H and O–H groups in total. The van der Waals surface area contributed by atoms with Crippen molar-refractivity contribution >= 4 is 17.0 Å². The van der Waals surface area contributed by atoms with Gasteiger partial charge in [-0.05, 0) is 52.5 Å². The molecule has 0 saturated heterocycles. The van der Waals surface area contributed by atoms with Gasteiger partial charge in [-0.1, -0.05) is 11.8 Å². The SMILES string of the molecule is CC(C)(C)C#Cc1cc(NC2CCC(n3cncn3)CC2)cs1. The Hall–Kier alpha value is -1.80. The van der Waals surface area contributed by atoms with E-state index in [0.717, 1.165) is 17.7 Å². The van der Waals surface area contributed by atoms with Crippen molar-refractivity contribution in [3.63, 3.8) is 0 Å². The molecule has 2 heterocycles.